The second-order valence-corrected chi connectivity index (χ2v) is 5.43. The lowest BCUT2D eigenvalue weighted by molar-refractivity contribution is -0.118. The van der Waals surface area contributed by atoms with Crippen molar-refractivity contribution in [3.63, 3.8) is 0 Å². The molecular formula is C18H19N3O3. The van der Waals surface area contributed by atoms with Crippen molar-refractivity contribution in [3.05, 3.63) is 54.6 Å². The minimum atomic E-state index is -0.234. The van der Waals surface area contributed by atoms with Gasteiger partial charge in [0.1, 0.15) is 5.75 Å². The van der Waals surface area contributed by atoms with Gasteiger partial charge in [-0.2, -0.15) is 0 Å². The van der Waals surface area contributed by atoms with Crippen LogP contribution >= 0.6 is 0 Å². The Morgan fingerprint density at radius 1 is 1.12 bits per heavy atom. The van der Waals surface area contributed by atoms with E-state index in [0.29, 0.717) is 24.5 Å². The minimum absolute atomic E-state index is 0.0553. The number of urea groups is 1. The van der Waals surface area contributed by atoms with Crippen molar-refractivity contribution in [3.8, 4) is 5.75 Å². The van der Waals surface area contributed by atoms with Crippen molar-refractivity contribution in [2.75, 3.05) is 29.9 Å². The number of carbonyl (C=O) groups excluding carboxylic acids is 2. The molecule has 0 saturated carbocycles. The lowest BCUT2D eigenvalue weighted by atomic mass is 10.2. The third-order valence-corrected chi connectivity index (χ3v) is 3.66. The second-order valence-electron chi connectivity index (χ2n) is 5.43. The molecular weight excluding hydrogens is 306 g/mol. The lowest BCUT2D eigenvalue weighted by Crippen LogP contribution is -2.46. The summed E-state index contributed by atoms with van der Waals surface area (Å²) in [6, 6.07) is 16.3. The highest BCUT2D eigenvalue weighted by Crippen LogP contribution is 2.19. The first-order valence-electron chi connectivity index (χ1n) is 7.85. The molecule has 0 unspecified atom stereocenters. The standard InChI is InChI=1S/C18H19N3O3/c22-17(13-24-16-5-2-1-3-6-16)20-14-7-9-15(10-8-14)21-12-4-11-19-18(21)23/h1-3,5-10H,4,11-13H2,(H,19,23)(H,20,22). The first-order chi connectivity index (χ1) is 11.7. The van der Waals surface area contributed by atoms with Gasteiger partial charge in [0.15, 0.2) is 6.61 Å². The molecule has 2 N–H and O–H groups in total. The Balaban J connectivity index is 1.54. The van der Waals surface area contributed by atoms with Crippen LogP contribution in [0.25, 0.3) is 0 Å². The average molecular weight is 325 g/mol. The summed E-state index contributed by atoms with van der Waals surface area (Å²) in [7, 11) is 0. The van der Waals surface area contributed by atoms with Gasteiger partial charge in [-0.15, -0.1) is 0 Å². The number of ether oxygens (including phenoxy) is 1. The highest BCUT2D eigenvalue weighted by atomic mass is 16.5. The van der Waals surface area contributed by atoms with E-state index in [2.05, 4.69) is 10.6 Å². The van der Waals surface area contributed by atoms with Crippen LogP contribution in [0.3, 0.4) is 0 Å². The zero-order valence-electron chi connectivity index (χ0n) is 13.2. The summed E-state index contributed by atoms with van der Waals surface area (Å²) in [6.07, 6.45) is 0.918. The molecule has 0 bridgehead atoms. The molecule has 0 spiro atoms. The molecule has 0 atom stereocenters. The lowest BCUT2D eigenvalue weighted by Gasteiger charge is -2.27. The Morgan fingerprint density at radius 3 is 2.58 bits per heavy atom. The zero-order chi connectivity index (χ0) is 16.8. The summed E-state index contributed by atoms with van der Waals surface area (Å²) < 4.78 is 5.40. The first-order valence-corrected chi connectivity index (χ1v) is 7.85. The first kappa shape index (κ1) is 15.9. The van der Waals surface area contributed by atoms with Crippen molar-refractivity contribution >= 4 is 23.3 Å². The number of nitrogens with zero attached hydrogens (tertiary/aromatic N) is 1. The number of rotatable bonds is 5. The van der Waals surface area contributed by atoms with E-state index >= 15 is 0 Å². The smallest absolute Gasteiger partial charge is 0.321 e. The molecule has 1 aliphatic rings. The molecule has 1 aliphatic heterocycles. The Morgan fingerprint density at radius 2 is 1.88 bits per heavy atom. The number of para-hydroxylation sites is 1. The quantitative estimate of drug-likeness (QED) is 0.888. The maximum atomic E-state index is 11.9. The predicted molar refractivity (Wildman–Crippen MR) is 92.4 cm³/mol. The van der Waals surface area contributed by atoms with E-state index in [4.69, 9.17) is 4.74 Å². The minimum Gasteiger partial charge on any atom is -0.484 e. The largest absolute Gasteiger partial charge is 0.484 e. The summed E-state index contributed by atoms with van der Waals surface area (Å²) in [5, 5.41) is 5.58. The summed E-state index contributed by atoms with van der Waals surface area (Å²) in [6.45, 7) is 1.35. The van der Waals surface area contributed by atoms with Crippen LogP contribution in [0, 0.1) is 0 Å². The van der Waals surface area contributed by atoms with Crippen LogP contribution < -0.4 is 20.3 Å². The number of hydrogen-bond donors (Lipinski definition) is 2. The molecule has 6 nitrogen and oxygen atoms in total. The number of amides is 3. The van der Waals surface area contributed by atoms with Crippen molar-refractivity contribution in [2.45, 2.75) is 6.42 Å². The second kappa shape index (κ2) is 7.50. The van der Waals surface area contributed by atoms with Crippen LogP contribution in [0.5, 0.6) is 5.75 Å². The van der Waals surface area contributed by atoms with Crippen LogP contribution in [0.15, 0.2) is 54.6 Å². The Kier molecular flexibility index (Phi) is 4.96. The molecule has 2 aromatic rings. The monoisotopic (exact) mass is 325 g/mol. The SMILES string of the molecule is O=C(COc1ccccc1)Nc1ccc(N2CCCNC2=O)cc1. The summed E-state index contributed by atoms with van der Waals surface area (Å²) in [5.74, 6) is 0.418. The third kappa shape index (κ3) is 4.04. The molecule has 24 heavy (non-hydrogen) atoms. The average Bonchev–Trinajstić information content (AvgIpc) is 2.62. The fraction of sp³-hybridized carbons (Fsp3) is 0.222. The highest BCUT2D eigenvalue weighted by Gasteiger charge is 2.18. The van der Waals surface area contributed by atoms with Crippen LogP contribution in [0.2, 0.25) is 0 Å². The Bertz CT molecular complexity index is 701. The molecule has 0 aromatic heterocycles. The molecule has 3 rings (SSSR count). The summed E-state index contributed by atoms with van der Waals surface area (Å²) in [4.78, 5) is 25.4. The van der Waals surface area contributed by atoms with Crippen molar-refractivity contribution < 1.29 is 14.3 Å². The van der Waals surface area contributed by atoms with Gasteiger partial charge in [-0.25, -0.2) is 4.79 Å². The molecule has 3 amide bonds. The van der Waals surface area contributed by atoms with Gasteiger partial charge in [0.05, 0.1) is 0 Å². The number of hydrogen-bond acceptors (Lipinski definition) is 3. The molecule has 0 radical (unpaired) electrons. The van der Waals surface area contributed by atoms with Crippen LogP contribution in [-0.2, 0) is 4.79 Å². The van der Waals surface area contributed by atoms with E-state index < -0.39 is 0 Å². The van der Waals surface area contributed by atoms with Crippen LogP contribution in [-0.4, -0.2) is 31.6 Å². The van der Waals surface area contributed by atoms with Crippen LogP contribution in [0.1, 0.15) is 6.42 Å². The summed E-state index contributed by atoms with van der Waals surface area (Å²) in [5.41, 5.74) is 1.48. The van der Waals surface area contributed by atoms with E-state index in [-0.39, 0.29) is 18.5 Å². The Labute approximate surface area is 140 Å². The maximum Gasteiger partial charge on any atom is 0.321 e. The third-order valence-electron chi connectivity index (χ3n) is 3.66. The highest BCUT2D eigenvalue weighted by molar-refractivity contribution is 5.94. The van der Waals surface area contributed by atoms with Gasteiger partial charge in [-0.3, -0.25) is 9.69 Å². The van der Waals surface area contributed by atoms with E-state index in [1.165, 1.54) is 0 Å². The van der Waals surface area contributed by atoms with Gasteiger partial charge in [0.25, 0.3) is 5.91 Å². The number of anilines is 2. The van der Waals surface area contributed by atoms with E-state index in [1.54, 1.807) is 29.2 Å². The summed E-state index contributed by atoms with van der Waals surface area (Å²) >= 11 is 0. The molecule has 1 heterocycles. The van der Waals surface area contributed by atoms with Gasteiger partial charge >= 0.3 is 6.03 Å². The van der Waals surface area contributed by atoms with Crippen LogP contribution in [0.4, 0.5) is 16.2 Å². The van der Waals surface area contributed by atoms with Crippen molar-refractivity contribution in [2.24, 2.45) is 0 Å². The Hall–Kier alpha value is -3.02. The van der Waals surface area contributed by atoms with E-state index in [9.17, 15) is 9.59 Å². The van der Waals surface area contributed by atoms with Gasteiger partial charge in [-0.1, -0.05) is 18.2 Å². The fourth-order valence-corrected chi connectivity index (χ4v) is 2.46. The fourth-order valence-electron chi connectivity index (χ4n) is 2.46. The molecule has 1 fully saturated rings. The zero-order valence-corrected chi connectivity index (χ0v) is 13.2. The van der Waals surface area contributed by atoms with Crippen molar-refractivity contribution in [1.82, 2.24) is 5.32 Å². The number of nitrogens with one attached hydrogen (secondary N) is 2. The molecule has 2 aromatic carbocycles. The van der Waals surface area contributed by atoms with Gasteiger partial charge in [0, 0.05) is 24.5 Å². The van der Waals surface area contributed by atoms with Crippen molar-refractivity contribution in [1.29, 1.82) is 0 Å². The topological polar surface area (TPSA) is 70.7 Å². The van der Waals surface area contributed by atoms with Gasteiger partial charge in [0.2, 0.25) is 0 Å². The van der Waals surface area contributed by atoms with E-state index in [1.807, 2.05) is 30.3 Å². The maximum absolute atomic E-state index is 11.9. The number of carbonyl (C=O) groups is 2. The molecule has 124 valence electrons. The van der Waals surface area contributed by atoms with Gasteiger partial charge < -0.3 is 15.4 Å². The van der Waals surface area contributed by atoms with E-state index in [0.717, 1.165) is 12.1 Å². The molecule has 0 aliphatic carbocycles. The molecule has 1 saturated heterocycles. The van der Waals surface area contributed by atoms with Gasteiger partial charge in [-0.05, 0) is 42.8 Å². The predicted octanol–water partition coefficient (Wildman–Crippen LogP) is 2.62. The molecule has 6 heteroatoms. The normalized spacial score (nSPS) is 14.0. The number of benzene rings is 2.